The molecule has 0 unspecified atom stereocenters. The van der Waals surface area contributed by atoms with Crippen molar-refractivity contribution in [1.29, 1.82) is 0 Å². The maximum Gasteiger partial charge on any atom is 0.255 e. The molecule has 0 fully saturated rings. The fourth-order valence-electron chi connectivity index (χ4n) is 3.98. The topological polar surface area (TPSA) is 106 Å². The Morgan fingerprint density at radius 1 is 1.29 bits per heavy atom. The molecule has 0 aliphatic carbocycles. The van der Waals surface area contributed by atoms with Gasteiger partial charge in [0.1, 0.15) is 12.3 Å². The number of amides is 1. The van der Waals surface area contributed by atoms with Gasteiger partial charge in [-0.3, -0.25) is 4.79 Å². The Labute approximate surface area is 194 Å². The number of fused-ring (bicyclic) bond motifs is 2. The number of nitrogens with one attached hydrogen (secondary N) is 3. The molecular formula is C24H23FN6O3. The van der Waals surface area contributed by atoms with Crippen molar-refractivity contribution in [3.8, 4) is 23.0 Å². The van der Waals surface area contributed by atoms with Crippen molar-refractivity contribution in [2.45, 2.75) is 13.3 Å². The second-order valence-corrected chi connectivity index (χ2v) is 7.65. The monoisotopic (exact) mass is 462 g/mol. The summed E-state index contributed by atoms with van der Waals surface area (Å²) in [6.45, 7) is 2.82. The molecule has 4 heterocycles. The third kappa shape index (κ3) is 3.72. The van der Waals surface area contributed by atoms with Crippen LogP contribution in [0.5, 0.6) is 11.6 Å². The number of hydrogen-bond acceptors (Lipinski definition) is 6. The Morgan fingerprint density at radius 3 is 3.00 bits per heavy atom. The molecule has 0 radical (unpaired) electrons. The van der Waals surface area contributed by atoms with Gasteiger partial charge in [-0.1, -0.05) is 18.2 Å². The molecule has 0 atom stereocenters. The molecule has 0 spiro atoms. The normalized spacial score (nSPS) is 13.2. The highest BCUT2D eigenvalue weighted by molar-refractivity contribution is 6.06. The first-order valence-corrected chi connectivity index (χ1v) is 10.8. The van der Waals surface area contributed by atoms with Crippen LogP contribution in [0.3, 0.4) is 0 Å². The maximum absolute atomic E-state index is 14.4. The van der Waals surface area contributed by atoms with Crippen LogP contribution < -0.4 is 20.1 Å². The Bertz CT molecular complexity index is 1410. The van der Waals surface area contributed by atoms with Gasteiger partial charge in [-0.2, -0.15) is 0 Å². The summed E-state index contributed by atoms with van der Waals surface area (Å²) in [5.41, 5.74) is 3.93. The summed E-state index contributed by atoms with van der Waals surface area (Å²) in [4.78, 5) is 20.6. The number of nitrogens with zero attached hydrogens (tertiary/aromatic N) is 3. The number of ether oxygens (including phenoxy) is 2. The second-order valence-electron chi connectivity index (χ2n) is 7.65. The van der Waals surface area contributed by atoms with Crippen LogP contribution in [0.4, 0.5) is 15.8 Å². The zero-order chi connectivity index (χ0) is 23.7. The summed E-state index contributed by atoms with van der Waals surface area (Å²) in [6.07, 6.45) is 6.07. The molecule has 3 aromatic heterocycles. The molecule has 0 bridgehead atoms. The molecular weight excluding hydrogens is 439 g/mol. The van der Waals surface area contributed by atoms with Crippen LogP contribution in [-0.2, 0) is 6.42 Å². The van der Waals surface area contributed by atoms with E-state index in [0.717, 1.165) is 5.69 Å². The number of carbonyl (C=O) groups excluding carboxylic acids is 1. The number of para-hydroxylation sites is 1. The lowest BCUT2D eigenvalue weighted by Crippen LogP contribution is -2.31. The van der Waals surface area contributed by atoms with Crippen LogP contribution in [0.25, 0.3) is 17.0 Å². The van der Waals surface area contributed by atoms with Crippen molar-refractivity contribution in [1.82, 2.24) is 24.9 Å². The van der Waals surface area contributed by atoms with E-state index in [1.165, 1.54) is 13.2 Å². The molecule has 1 aliphatic heterocycles. The number of aromatic amines is 1. The molecule has 34 heavy (non-hydrogen) atoms. The van der Waals surface area contributed by atoms with Crippen molar-refractivity contribution in [3.63, 3.8) is 0 Å². The lowest BCUT2D eigenvalue weighted by atomic mass is 10.1. The number of benzene rings is 1. The zero-order valence-corrected chi connectivity index (χ0v) is 18.7. The zero-order valence-electron chi connectivity index (χ0n) is 18.7. The molecule has 5 rings (SSSR count). The standard InChI is InChI=1S/C24H23FN6O3/c1-3-4-12-34-19-9-8-18-27-13-17(31(18)30-19)21-22(20-15(28-21)10-11-26-24(20)32)29-16-7-5-6-14(25)23(16)33-2/h3-9,13,28-29H,10-12H2,1-2H3,(H,26,32)/b4-3-. The molecule has 0 saturated carbocycles. The van der Waals surface area contributed by atoms with Crippen molar-refractivity contribution < 1.29 is 18.7 Å². The summed E-state index contributed by atoms with van der Waals surface area (Å²) >= 11 is 0. The first-order chi connectivity index (χ1) is 16.6. The first kappa shape index (κ1) is 21.5. The molecule has 10 heteroatoms. The molecule has 3 N–H and O–H groups in total. The minimum atomic E-state index is -0.512. The quantitative estimate of drug-likeness (QED) is 0.360. The van der Waals surface area contributed by atoms with E-state index in [-0.39, 0.29) is 11.7 Å². The van der Waals surface area contributed by atoms with E-state index < -0.39 is 5.82 Å². The number of carbonyl (C=O) groups is 1. The van der Waals surface area contributed by atoms with Crippen LogP contribution in [0.15, 0.2) is 48.7 Å². The van der Waals surface area contributed by atoms with Gasteiger partial charge in [0.05, 0.1) is 35.9 Å². The molecule has 1 aromatic carbocycles. The van der Waals surface area contributed by atoms with E-state index >= 15 is 0 Å². The Balaban J connectivity index is 1.65. The number of methoxy groups -OCH3 is 1. The van der Waals surface area contributed by atoms with E-state index in [9.17, 15) is 9.18 Å². The lowest BCUT2D eigenvalue weighted by molar-refractivity contribution is 0.0947. The minimum absolute atomic E-state index is 0.0514. The van der Waals surface area contributed by atoms with Crippen LogP contribution in [0, 0.1) is 5.82 Å². The summed E-state index contributed by atoms with van der Waals surface area (Å²) in [7, 11) is 1.40. The summed E-state index contributed by atoms with van der Waals surface area (Å²) in [6, 6.07) is 8.13. The number of rotatable bonds is 7. The highest BCUT2D eigenvalue weighted by Gasteiger charge is 2.29. The average Bonchev–Trinajstić information content (AvgIpc) is 3.41. The van der Waals surface area contributed by atoms with Gasteiger partial charge in [0.15, 0.2) is 17.2 Å². The van der Waals surface area contributed by atoms with Crippen LogP contribution in [0.1, 0.15) is 23.0 Å². The number of halogens is 1. The van der Waals surface area contributed by atoms with Crippen molar-refractivity contribution in [3.05, 3.63) is 65.8 Å². The highest BCUT2D eigenvalue weighted by atomic mass is 19.1. The SMILES string of the molecule is C/C=C\COc1ccc2ncc(-c3[nH]c4c(c3Nc3cccc(F)c3OC)C(=O)NCC4)n2n1. The van der Waals surface area contributed by atoms with Crippen LogP contribution >= 0.6 is 0 Å². The van der Waals surface area contributed by atoms with Crippen molar-refractivity contribution >= 4 is 22.9 Å². The fraction of sp³-hybridized carbons (Fsp3) is 0.208. The van der Waals surface area contributed by atoms with Crippen molar-refractivity contribution in [2.24, 2.45) is 0 Å². The number of H-pyrrole nitrogens is 1. The van der Waals surface area contributed by atoms with E-state index in [1.807, 2.05) is 19.1 Å². The minimum Gasteiger partial charge on any atom is -0.492 e. The fourth-order valence-corrected chi connectivity index (χ4v) is 3.98. The number of aromatic nitrogens is 4. The molecule has 1 aliphatic rings. The van der Waals surface area contributed by atoms with Gasteiger partial charge in [0, 0.05) is 24.7 Å². The number of hydrogen-bond donors (Lipinski definition) is 3. The molecule has 9 nitrogen and oxygen atoms in total. The lowest BCUT2D eigenvalue weighted by Gasteiger charge is -2.16. The van der Waals surface area contributed by atoms with E-state index in [1.54, 1.807) is 35.0 Å². The van der Waals surface area contributed by atoms with E-state index in [4.69, 9.17) is 9.47 Å². The van der Waals surface area contributed by atoms with Gasteiger partial charge >= 0.3 is 0 Å². The predicted octanol–water partition coefficient (Wildman–Crippen LogP) is 3.86. The number of imidazole rings is 1. The average molecular weight is 462 g/mol. The highest BCUT2D eigenvalue weighted by Crippen LogP contribution is 2.39. The third-order valence-electron chi connectivity index (χ3n) is 5.55. The van der Waals surface area contributed by atoms with E-state index in [2.05, 4.69) is 25.7 Å². The van der Waals surface area contributed by atoms with Gasteiger partial charge in [-0.25, -0.2) is 13.9 Å². The smallest absolute Gasteiger partial charge is 0.255 e. The molecule has 0 saturated heterocycles. The molecule has 4 aromatic rings. The Hall–Kier alpha value is -4.34. The Kier molecular flexibility index (Phi) is 5.62. The van der Waals surface area contributed by atoms with Gasteiger partial charge in [0.2, 0.25) is 5.88 Å². The number of anilines is 2. The number of allylic oxidation sites excluding steroid dienone is 1. The Morgan fingerprint density at radius 2 is 2.18 bits per heavy atom. The largest absolute Gasteiger partial charge is 0.492 e. The van der Waals surface area contributed by atoms with Gasteiger partial charge in [-0.15, -0.1) is 5.10 Å². The summed E-state index contributed by atoms with van der Waals surface area (Å²) in [5.74, 6) is -0.253. The van der Waals surface area contributed by atoms with Crippen LogP contribution in [0.2, 0.25) is 0 Å². The molecule has 1 amide bonds. The third-order valence-corrected chi connectivity index (χ3v) is 5.55. The van der Waals surface area contributed by atoms with E-state index in [0.29, 0.717) is 59.4 Å². The first-order valence-electron chi connectivity index (χ1n) is 10.8. The predicted molar refractivity (Wildman–Crippen MR) is 125 cm³/mol. The second kappa shape index (κ2) is 8.89. The maximum atomic E-state index is 14.4. The van der Waals surface area contributed by atoms with Crippen molar-refractivity contribution in [2.75, 3.05) is 25.6 Å². The van der Waals surface area contributed by atoms with Crippen LogP contribution in [-0.4, -0.2) is 45.8 Å². The van der Waals surface area contributed by atoms with Gasteiger partial charge in [0.25, 0.3) is 5.91 Å². The van der Waals surface area contributed by atoms with Gasteiger partial charge in [-0.05, 0) is 25.1 Å². The summed E-state index contributed by atoms with van der Waals surface area (Å²) in [5, 5.41) is 10.7. The van der Waals surface area contributed by atoms with Gasteiger partial charge < -0.3 is 25.1 Å². The summed E-state index contributed by atoms with van der Waals surface area (Å²) < 4.78 is 26.9. The molecule has 174 valence electrons.